The number of piperidine rings is 1. The van der Waals surface area contributed by atoms with Gasteiger partial charge in [0.1, 0.15) is 17.7 Å². The van der Waals surface area contributed by atoms with Gasteiger partial charge in [0.05, 0.1) is 5.56 Å². The number of fused-ring (bicyclic) bond motifs is 3. The second kappa shape index (κ2) is 11.9. The van der Waals surface area contributed by atoms with Gasteiger partial charge in [-0.15, -0.1) is 0 Å². The number of likely N-dealkylation sites (tertiary alicyclic amines) is 1. The van der Waals surface area contributed by atoms with Gasteiger partial charge in [0.15, 0.2) is 0 Å². The second-order valence-corrected chi connectivity index (χ2v) is 10.9. The monoisotopic (exact) mass is 565 g/mol. The Bertz CT molecular complexity index is 1350. The van der Waals surface area contributed by atoms with Crippen molar-refractivity contribution in [2.75, 3.05) is 26.2 Å². The number of benzene rings is 3. The normalized spacial score (nSPS) is 16.6. The molecule has 0 saturated carbocycles. The van der Waals surface area contributed by atoms with E-state index in [4.69, 9.17) is 0 Å². The molecule has 0 spiro atoms. The van der Waals surface area contributed by atoms with E-state index in [-0.39, 0.29) is 23.3 Å². The number of rotatable bonds is 9. The van der Waals surface area contributed by atoms with Gasteiger partial charge >= 0.3 is 6.18 Å². The maximum Gasteiger partial charge on any atom is 0.405 e. The van der Waals surface area contributed by atoms with E-state index in [0.29, 0.717) is 12.8 Å². The molecule has 1 fully saturated rings. The quantitative estimate of drug-likeness (QED) is 0.304. The molecule has 2 amide bonds. The van der Waals surface area contributed by atoms with Gasteiger partial charge < -0.3 is 20.6 Å². The lowest BCUT2D eigenvalue weighted by atomic mass is 9.73. The molecular formula is C32H34F3N3O3. The average Bonchev–Trinajstić information content (AvgIpc) is 3.25. The number of carbonyl (C=O) groups excluding carboxylic acids is 2. The van der Waals surface area contributed by atoms with E-state index < -0.39 is 24.0 Å². The number of phenols is 1. The third-order valence-corrected chi connectivity index (χ3v) is 8.25. The number of para-hydroxylation sites is 1. The number of carbonyl (C=O) groups is 2. The van der Waals surface area contributed by atoms with E-state index in [9.17, 15) is 27.9 Å². The van der Waals surface area contributed by atoms with Gasteiger partial charge in [-0.2, -0.15) is 13.2 Å². The smallest absolute Gasteiger partial charge is 0.405 e. The third kappa shape index (κ3) is 6.10. The van der Waals surface area contributed by atoms with Gasteiger partial charge in [-0.05, 0) is 66.6 Å². The summed E-state index contributed by atoms with van der Waals surface area (Å²) >= 11 is 0. The van der Waals surface area contributed by atoms with Crippen molar-refractivity contribution in [2.24, 2.45) is 0 Å². The van der Waals surface area contributed by atoms with E-state index >= 15 is 0 Å². The highest BCUT2D eigenvalue weighted by Crippen LogP contribution is 2.51. The highest BCUT2D eigenvalue weighted by molar-refractivity contribution is 6.00. The first-order chi connectivity index (χ1) is 19.7. The number of alkyl halides is 3. The Hall–Kier alpha value is -3.85. The zero-order valence-electron chi connectivity index (χ0n) is 22.7. The lowest BCUT2D eigenvalue weighted by molar-refractivity contribution is -0.141. The fraction of sp³-hybridized carbons (Fsp3) is 0.375. The van der Waals surface area contributed by atoms with Crippen molar-refractivity contribution in [2.45, 2.75) is 49.7 Å². The maximum absolute atomic E-state index is 13.6. The molecule has 9 heteroatoms. The van der Waals surface area contributed by atoms with Crippen LogP contribution in [-0.2, 0) is 10.2 Å². The number of hydrogen-bond acceptors (Lipinski definition) is 4. The number of halogens is 3. The van der Waals surface area contributed by atoms with Crippen molar-refractivity contribution in [3.63, 3.8) is 0 Å². The van der Waals surface area contributed by atoms with Crippen LogP contribution in [0.15, 0.2) is 72.8 Å². The van der Waals surface area contributed by atoms with E-state index in [1.165, 1.54) is 6.07 Å². The third-order valence-electron chi connectivity index (χ3n) is 8.25. The van der Waals surface area contributed by atoms with Gasteiger partial charge in [0.2, 0.25) is 5.91 Å². The minimum atomic E-state index is -4.50. The average molecular weight is 566 g/mol. The van der Waals surface area contributed by atoms with Crippen molar-refractivity contribution in [3.05, 3.63) is 89.5 Å². The van der Waals surface area contributed by atoms with Crippen molar-refractivity contribution < 1.29 is 27.9 Å². The number of nitrogens with one attached hydrogen (secondary N) is 2. The SMILES string of the molecule is O=C(NC1CCN(CCCCC2(C(=O)NCC(F)(F)F)c3ccccc3-c3ccccc32)CC1)c1ccccc1O. The maximum atomic E-state index is 13.6. The standard InChI is InChI=1S/C32H34F3N3O3/c33-32(34,35)21-36-30(41)31(26-12-4-1-9-23(26)24-10-2-5-13-27(24)31)17-7-8-18-38-19-15-22(16-20-38)37-29(40)25-11-3-6-14-28(25)39/h1-6,9-14,22,39H,7-8,15-21H2,(H,36,41)(H,37,40). The molecule has 3 aromatic rings. The molecule has 1 aliphatic carbocycles. The molecular weight excluding hydrogens is 531 g/mol. The van der Waals surface area contributed by atoms with Gasteiger partial charge in [0.25, 0.3) is 5.91 Å². The Morgan fingerprint density at radius 1 is 0.878 bits per heavy atom. The van der Waals surface area contributed by atoms with E-state index in [0.717, 1.165) is 61.2 Å². The van der Waals surface area contributed by atoms with Crippen LogP contribution in [0.5, 0.6) is 5.75 Å². The summed E-state index contributed by atoms with van der Waals surface area (Å²) in [6, 6.07) is 21.5. The number of nitrogens with zero attached hydrogens (tertiary/aromatic N) is 1. The Morgan fingerprint density at radius 2 is 1.46 bits per heavy atom. The summed E-state index contributed by atoms with van der Waals surface area (Å²) in [5.74, 6) is -0.944. The first-order valence-electron chi connectivity index (χ1n) is 14.0. The van der Waals surface area contributed by atoms with Crippen LogP contribution in [0, 0.1) is 0 Å². The molecule has 6 nitrogen and oxygen atoms in total. The summed E-state index contributed by atoms with van der Waals surface area (Å²) in [7, 11) is 0. The van der Waals surface area contributed by atoms with Gasteiger partial charge in [-0.1, -0.05) is 67.1 Å². The van der Waals surface area contributed by atoms with Crippen molar-refractivity contribution in [1.29, 1.82) is 0 Å². The molecule has 216 valence electrons. The molecule has 2 aliphatic rings. The van der Waals surface area contributed by atoms with Crippen LogP contribution in [0.2, 0.25) is 0 Å². The van der Waals surface area contributed by atoms with E-state index in [1.54, 1.807) is 18.2 Å². The molecule has 5 rings (SSSR count). The Kier molecular flexibility index (Phi) is 8.35. The number of phenolic OH excluding ortho intramolecular Hbond substituents is 1. The summed E-state index contributed by atoms with van der Waals surface area (Å²) in [5.41, 5.74) is 2.36. The molecule has 0 atom stereocenters. The van der Waals surface area contributed by atoms with Crippen LogP contribution in [0.4, 0.5) is 13.2 Å². The topological polar surface area (TPSA) is 81.7 Å². The fourth-order valence-corrected chi connectivity index (χ4v) is 6.24. The van der Waals surface area contributed by atoms with Crippen LogP contribution in [0.1, 0.15) is 53.6 Å². The first kappa shape index (κ1) is 28.7. The Balaban J connectivity index is 1.21. The number of amides is 2. The Morgan fingerprint density at radius 3 is 2.07 bits per heavy atom. The number of unbranched alkanes of at least 4 members (excludes halogenated alkanes) is 1. The van der Waals surface area contributed by atoms with Crippen LogP contribution in [0.25, 0.3) is 11.1 Å². The molecule has 3 N–H and O–H groups in total. The van der Waals surface area contributed by atoms with Gasteiger partial charge in [-0.3, -0.25) is 9.59 Å². The zero-order valence-corrected chi connectivity index (χ0v) is 22.7. The Labute approximate surface area is 237 Å². The summed E-state index contributed by atoms with van der Waals surface area (Å²) in [6.45, 7) is 1.03. The minimum absolute atomic E-state index is 0.0189. The zero-order chi connectivity index (χ0) is 29.0. The summed E-state index contributed by atoms with van der Waals surface area (Å²) in [6.07, 6.45) is -1.09. The molecule has 1 aliphatic heterocycles. The minimum Gasteiger partial charge on any atom is -0.507 e. The molecule has 1 saturated heterocycles. The molecule has 0 bridgehead atoms. The highest BCUT2D eigenvalue weighted by atomic mass is 19.4. The molecule has 0 radical (unpaired) electrons. The lowest BCUT2D eigenvalue weighted by Gasteiger charge is -2.33. The summed E-state index contributed by atoms with van der Waals surface area (Å²) in [4.78, 5) is 28.5. The van der Waals surface area contributed by atoms with Crippen molar-refractivity contribution >= 4 is 11.8 Å². The molecule has 0 unspecified atom stereocenters. The molecule has 1 heterocycles. The van der Waals surface area contributed by atoms with Crippen LogP contribution in [-0.4, -0.2) is 60.2 Å². The van der Waals surface area contributed by atoms with Gasteiger partial charge in [0, 0.05) is 19.1 Å². The molecule has 41 heavy (non-hydrogen) atoms. The second-order valence-electron chi connectivity index (χ2n) is 10.9. The van der Waals surface area contributed by atoms with Crippen LogP contribution in [0.3, 0.4) is 0 Å². The fourth-order valence-electron chi connectivity index (χ4n) is 6.24. The lowest BCUT2D eigenvalue weighted by Crippen LogP contribution is -2.47. The molecule has 3 aromatic carbocycles. The van der Waals surface area contributed by atoms with E-state index in [1.807, 2.05) is 48.5 Å². The number of hydrogen-bond donors (Lipinski definition) is 3. The predicted octanol–water partition coefficient (Wildman–Crippen LogP) is 5.40. The van der Waals surface area contributed by atoms with Crippen LogP contribution < -0.4 is 10.6 Å². The molecule has 0 aromatic heterocycles. The van der Waals surface area contributed by atoms with Crippen LogP contribution >= 0.6 is 0 Å². The van der Waals surface area contributed by atoms with E-state index in [2.05, 4.69) is 15.5 Å². The summed E-state index contributed by atoms with van der Waals surface area (Å²) < 4.78 is 39.2. The summed E-state index contributed by atoms with van der Waals surface area (Å²) in [5, 5.41) is 15.1. The predicted molar refractivity (Wildman–Crippen MR) is 151 cm³/mol. The van der Waals surface area contributed by atoms with Gasteiger partial charge in [-0.25, -0.2) is 0 Å². The largest absolute Gasteiger partial charge is 0.507 e. The van der Waals surface area contributed by atoms with Crippen molar-refractivity contribution in [3.8, 4) is 16.9 Å². The van der Waals surface area contributed by atoms with Crippen molar-refractivity contribution in [1.82, 2.24) is 15.5 Å². The first-order valence-corrected chi connectivity index (χ1v) is 14.0. The highest BCUT2D eigenvalue weighted by Gasteiger charge is 2.49. The number of aromatic hydroxyl groups is 1.